The first-order valence-electron chi connectivity index (χ1n) is 7.38. The third kappa shape index (κ3) is 4.06. The number of nitrogens with zero attached hydrogens (tertiary/aromatic N) is 1. The van der Waals surface area contributed by atoms with Gasteiger partial charge in [0.2, 0.25) is 5.91 Å². The Morgan fingerprint density at radius 2 is 1.81 bits per heavy atom. The standard InChI is InChI=1S/C17H23NO3/c1-12-4-6-13(7-5-12)11-18(14-8-9-14)15(19)10-17(2,3)16(20)21/h4-7,14H,8-11H2,1-3H3,(H,20,21). The van der Waals surface area contributed by atoms with Crippen LogP contribution in [0.1, 0.15) is 44.2 Å². The minimum atomic E-state index is -1.02. The summed E-state index contributed by atoms with van der Waals surface area (Å²) < 4.78 is 0. The second kappa shape index (κ2) is 5.88. The van der Waals surface area contributed by atoms with E-state index in [0.717, 1.165) is 18.4 Å². The van der Waals surface area contributed by atoms with E-state index in [1.54, 1.807) is 13.8 Å². The van der Waals surface area contributed by atoms with Gasteiger partial charge in [-0.15, -0.1) is 0 Å². The second-order valence-electron chi connectivity index (χ2n) is 6.60. The van der Waals surface area contributed by atoms with E-state index in [9.17, 15) is 14.7 Å². The van der Waals surface area contributed by atoms with Crippen LogP contribution >= 0.6 is 0 Å². The summed E-state index contributed by atoms with van der Waals surface area (Å²) in [6.45, 7) is 5.80. The molecule has 114 valence electrons. The average Bonchev–Trinajstić information content (AvgIpc) is 3.21. The maximum Gasteiger partial charge on any atom is 0.309 e. The van der Waals surface area contributed by atoms with Gasteiger partial charge in [0.1, 0.15) is 0 Å². The van der Waals surface area contributed by atoms with Crippen LogP contribution in [0.25, 0.3) is 0 Å². The number of carbonyl (C=O) groups excluding carboxylic acids is 1. The summed E-state index contributed by atoms with van der Waals surface area (Å²) in [7, 11) is 0. The molecule has 4 heteroatoms. The number of carbonyl (C=O) groups is 2. The highest BCUT2D eigenvalue weighted by atomic mass is 16.4. The molecule has 1 aliphatic carbocycles. The lowest BCUT2D eigenvalue weighted by atomic mass is 9.89. The van der Waals surface area contributed by atoms with Crippen molar-refractivity contribution in [1.82, 2.24) is 4.90 Å². The molecule has 0 radical (unpaired) electrons. The Kier molecular flexibility index (Phi) is 4.35. The normalized spacial score (nSPS) is 14.8. The molecule has 1 amide bonds. The third-order valence-electron chi connectivity index (χ3n) is 3.95. The van der Waals surface area contributed by atoms with Crippen molar-refractivity contribution >= 4 is 11.9 Å². The van der Waals surface area contributed by atoms with E-state index in [2.05, 4.69) is 0 Å². The molecule has 4 nitrogen and oxygen atoms in total. The number of carboxylic acid groups (broad SMARTS) is 1. The molecule has 0 aliphatic heterocycles. The van der Waals surface area contributed by atoms with Gasteiger partial charge in [0.15, 0.2) is 0 Å². The summed E-state index contributed by atoms with van der Waals surface area (Å²) in [5, 5.41) is 9.18. The van der Waals surface area contributed by atoms with Gasteiger partial charge in [0, 0.05) is 19.0 Å². The summed E-state index contributed by atoms with van der Waals surface area (Å²) >= 11 is 0. The first-order valence-corrected chi connectivity index (χ1v) is 7.38. The van der Waals surface area contributed by atoms with E-state index in [0.29, 0.717) is 6.54 Å². The van der Waals surface area contributed by atoms with E-state index in [4.69, 9.17) is 0 Å². The Morgan fingerprint density at radius 3 is 2.29 bits per heavy atom. The summed E-state index contributed by atoms with van der Waals surface area (Å²) in [4.78, 5) is 25.5. The highest BCUT2D eigenvalue weighted by Gasteiger charge is 2.37. The maximum atomic E-state index is 12.5. The van der Waals surface area contributed by atoms with Crippen LogP contribution in [0.4, 0.5) is 0 Å². The molecular weight excluding hydrogens is 266 g/mol. The van der Waals surface area contributed by atoms with Crippen molar-refractivity contribution in [2.45, 2.75) is 52.6 Å². The van der Waals surface area contributed by atoms with E-state index >= 15 is 0 Å². The lowest BCUT2D eigenvalue weighted by Gasteiger charge is -2.27. The zero-order chi connectivity index (χ0) is 15.6. The van der Waals surface area contributed by atoms with E-state index < -0.39 is 11.4 Å². The van der Waals surface area contributed by atoms with Crippen LogP contribution in [0.3, 0.4) is 0 Å². The second-order valence-corrected chi connectivity index (χ2v) is 6.60. The molecule has 1 fully saturated rings. The van der Waals surface area contributed by atoms with Crippen molar-refractivity contribution in [1.29, 1.82) is 0 Å². The van der Waals surface area contributed by atoms with Crippen LogP contribution in [0.15, 0.2) is 24.3 Å². The summed E-state index contributed by atoms with van der Waals surface area (Å²) in [6.07, 6.45) is 2.08. The first-order chi connectivity index (χ1) is 9.79. The number of aryl methyl sites for hydroxylation is 1. The molecule has 0 atom stereocenters. The molecule has 0 spiro atoms. The van der Waals surface area contributed by atoms with Gasteiger partial charge in [-0.25, -0.2) is 0 Å². The van der Waals surface area contributed by atoms with Crippen LogP contribution < -0.4 is 0 Å². The monoisotopic (exact) mass is 289 g/mol. The molecule has 1 saturated carbocycles. The van der Waals surface area contributed by atoms with Crippen molar-refractivity contribution in [3.05, 3.63) is 35.4 Å². The van der Waals surface area contributed by atoms with Crippen molar-refractivity contribution in [2.24, 2.45) is 5.41 Å². The van der Waals surface area contributed by atoms with Gasteiger partial charge in [-0.3, -0.25) is 9.59 Å². The Labute approximate surface area is 125 Å². The van der Waals surface area contributed by atoms with E-state index in [1.165, 1.54) is 5.56 Å². The lowest BCUT2D eigenvalue weighted by molar-refractivity contribution is -0.151. The number of hydrogen-bond donors (Lipinski definition) is 1. The zero-order valence-corrected chi connectivity index (χ0v) is 12.9. The topological polar surface area (TPSA) is 57.6 Å². The maximum absolute atomic E-state index is 12.5. The van der Waals surface area contributed by atoms with Crippen molar-refractivity contribution in [3.8, 4) is 0 Å². The fourth-order valence-corrected chi connectivity index (χ4v) is 2.25. The number of aliphatic carboxylic acids is 1. The fourth-order valence-electron chi connectivity index (χ4n) is 2.25. The molecule has 1 aromatic carbocycles. The summed E-state index contributed by atoms with van der Waals surface area (Å²) in [5.74, 6) is -0.993. The van der Waals surface area contributed by atoms with Crippen molar-refractivity contribution in [2.75, 3.05) is 0 Å². The highest BCUT2D eigenvalue weighted by molar-refractivity contribution is 5.84. The molecule has 2 rings (SSSR count). The minimum absolute atomic E-state index is 0.0463. The molecule has 1 N–H and O–H groups in total. The molecular formula is C17H23NO3. The molecule has 0 unspecified atom stereocenters. The fraction of sp³-hybridized carbons (Fsp3) is 0.529. The number of amides is 1. The highest BCUT2D eigenvalue weighted by Crippen LogP contribution is 2.31. The zero-order valence-electron chi connectivity index (χ0n) is 12.9. The Hall–Kier alpha value is -1.84. The average molecular weight is 289 g/mol. The van der Waals surface area contributed by atoms with E-state index in [1.807, 2.05) is 36.1 Å². The molecule has 1 aromatic rings. The van der Waals surface area contributed by atoms with Crippen molar-refractivity contribution < 1.29 is 14.7 Å². The van der Waals surface area contributed by atoms with Gasteiger partial charge in [-0.05, 0) is 39.2 Å². The Morgan fingerprint density at radius 1 is 1.24 bits per heavy atom. The molecule has 1 aliphatic rings. The molecule has 0 saturated heterocycles. The van der Waals surface area contributed by atoms with Gasteiger partial charge >= 0.3 is 5.97 Å². The number of hydrogen-bond acceptors (Lipinski definition) is 2. The number of rotatable bonds is 6. The predicted molar refractivity (Wildman–Crippen MR) is 80.8 cm³/mol. The van der Waals surface area contributed by atoms with Gasteiger partial charge in [0.25, 0.3) is 0 Å². The minimum Gasteiger partial charge on any atom is -0.481 e. The van der Waals surface area contributed by atoms with Crippen molar-refractivity contribution in [3.63, 3.8) is 0 Å². The third-order valence-corrected chi connectivity index (χ3v) is 3.95. The van der Waals surface area contributed by atoms with Gasteiger partial charge in [-0.2, -0.15) is 0 Å². The van der Waals surface area contributed by atoms with Gasteiger partial charge < -0.3 is 10.0 Å². The predicted octanol–water partition coefficient (Wildman–Crippen LogP) is 2.99. The first kappa shape index (κ1) is 15.5. The molecule has 21 heavy (non-hydrogen) atoms. The molecule has 0 bridgehead atoms. The lowest BCUT2D eigenvalue weighted by Crippen LogP contribution is -2.37. The Bertz CT molecular complexity index is 529. The SMILES string of the molecule is Cc1ccc(CN(C(=O)CC(C)(C)C(=O)O)C2CC2)cc1. The van der Waals surface area contributed by atoms with Crippen LogP contribution in [-0.2, 0) is 16.1 Å². The van der Waals surface area contributed by atoms with Gasteiger partial charge in [-0.1, -0.05) is 29.8 Å². The smallest absolute Gasteiger partial charge is 0.309 e. The van der Waals surface area contributed by atoms with Crippen LogP contribution in [-0.4, -0.2) is 27.9 Å². The molecule has 0 heterocycles. The van der Waals surface area contributed by atoms with Crippen LogP contribution in [0, 0.1) is 12.3 Å². The van der Waals surface area contributed by atoms with E-state index in [-0.39, 0.29) is 18.4 Å². The quantitative estimate of drug-likeness (QED) is 0.876. The van der Waals surface area contributed by atoms with Crippen LogP contribution in [0.2, 0.25) is 0 Å². The summed E-state index contributed by atoms with van der Waals surface area (Å²) in [5.41, 5.74) is 1.27. The molecule has 0 aromatic heterocycles. The summed E-state index contributed by atoms with van der Waals surface area (Å²) in [6, 6.07) is 8.40. The Balaban J connectivity index is 2.07. The van der Waals surface area contributed by atoms with Crippen LogP contribution in [0.5, 0.6) is 0 Å². The largest absolute Gasteiger partial charge is 0.481 e. The van der Waals surface area contributed by atoms with Gasteiger partial charge in [0.05, 0.1) is 5.41 Å². The number of benzene rings is 1. The number of carboxylic acids is 1.